The molecule has 0 radical (unpaired) electrons. The number of hydrogen-bond acceptors (Lipinski definition) is 5. The average molecular weight is 316 g/mol. The van der Waals surface area contributed by atoms with Crippen molar-refractivity contribution in [3.8, 4) is 5.82 Å². The topological polar surface area (TPSA) is 84.7 Å². The number of carbonyl (C=O) groups is 1. The van der Waals surface area contributed by atoms with Crippen molar-refractivity contribution in [1.82, 2.24) is 24.8 Å². The van der Waals surface area contributed by atoms with Crippen LogP contribution in [0.2, 0.25) is 0 Å². The van der Waals surface area contributed by atoms with Gasteiger partial charge in [-0.25, -0.2) is 15.0 Å². The Kier molecular flexibility index (Phi) is 5.67. The van der Waals surface area contributed by atoms with Gasteiger partial charge >= 0.3 is 0 Å². The highest BCUT2D eigenvalue weighted by Crippen LogP contribution is 2.13. The summed E-state index contributed by atoms with van der Waals surface area (Å²) in [7, 11) is 0. The minimum absolute atomic E-state index is 0.0784. The van der Waals surface area contributed by atoms with Crippen LogP contribution in [0.4, 0.5) is 5.82 Å². The van der Waals surface area contributed by atoms with Crippen LogP contribution in [0, 0.1) is 19.8 Å². The predicted molar refractivity (Wildman–Crippen MR) is 89.6 cm³/mol. The van der Waals surface area contributed by atoms with Crippen molar-refractivity contribution >= 4 is 11.7 Å². The smallest absolute Gasteiger partial charge is 0.220 e. The second-order valence-corrected chi connectivity index (χ2v) is 5.92. The minimum atomic E-state index is 0.0784. The lowest BCUT2D eigenvalue weighted by atomic mass is 10.1. The normalized spacial score (nSPS) is 10.8. The second-order valence-electron chi connectivity index (χ2n) is 5.92. The van der Waals surface area contributed by atoms with Crippen LogP contribution in [0.5, 0.6) is 0 Å². The summed E-state index contributed by atoms with van der Waals surface area (Å²) in [6.07, 6.45) is 3.82. The number of carbonyl (C=O) groups excluding carboxylic acids is 1. The third kappa shape index (κ3) is 4.77. The molecule has 2 aromatic heterocycles. The van der Waals surface area contributed by atoms with Gasteiger partial charge in [0.05, 0.1) is 5.69 Å². The average Bonchev–Trinajstić information content (AvgIpc) is 2.83. The number of rotatable bonds is 7. The molecule has 2 rings (SSSR count). The molecular formula is C16H24N6O. The van der Waals surface area contributed by atoms with Crippen molar-refractivity contribution in [1.29, 1.82) is 0 Å². The number of aryl methyl sites for hydroxylation is 1. The zero-order chi connectivity index (χ0) is 16.8. The van der Waals surface area contributed by atoms with Crippen molar-refractivity contribution in [3.63, 3.8) is 0 Å². The highest BCUT2D eigenvalue weighted by atomic mass is 16.1. The fourth-order valence-electron chi connectivity index (χ4n) is 2.14. The summed E-state index contributed by atoms with van der Waals surface area (Å²) in [6.45, 7) is 9.20. The maximum Gasteiger partial charge on any atom is 0.220 e. The molecule has 0 saturated carbocycles. The molecule has 124 valence electrons. The summed E-state index contributed by atoms with van der Waals surface area (Å²) in [5.74, 6) is 1.94. The third-order valence-corrected chi connectivity index (χ3v) is 3.50. The van der Waals surface area contributed by atoms with Crippen molar-refractivity contribution in [2.75, 3.05) is 18.4 Å². The lowest BCUT2D eigenvalue weighted by molar-refractivity contribution is -0.121. The Morgan fingerprint density at radius 3 is 2.65 bits per heavy atom. The van der Waals surface area contributed by atoms with E-state index in [0.717, 1.165) is 23.0 Å². The molecule has 23 heavy (non-hydrogen) atoms. The second kappa shape index (κ2) is 7.71. The Bertz CT molecular complexity index is 664. The molecule has 0 aromatic carbocycles. The molecule has 0 fully saturated rings. The summed E-state index contributed by atoms with van der Waals surface area (Å²) >= 11 is 0. The highest BCUT2D eigenvalue weighted by molar-refractivity contribution is 5.76. The first kappa shape index (κ1) is 16.9. The van der Waals surface area contributed by atoms with E-state index in [1.807, 2.05) is 38.3 Å². The first-order chi connectivity index (χ1) is 11.0. The fraction of sp³-hybridized carbons (Fsp3) is 0.500. The molecule has 0 saturated heterocycles. The summed E-state index contributed by atoms with van der Waals surface area (Å²) in [6, 6.07) is 1.87. The zero-order valence-corrected chi connectivity index (χ0v) is 14.1. The van der Waals surface area contributed by atoms with Crippen LogP contribution < -0.4 is 10.6 Å². The van der Waals surface area contributed by atoms with Crippen LogP contribution in [0.1, 0.15) is 31.7 Å². The van der Waals surface area contributed by atoms with Gasteiger partial charge in [0.15, 0.2) is 0 Å². The van der Waals surface area contributed by atoms with E-state index in [-0.39, 0.29) is 5.91 Å². The number of anilines is 1. The van der Waals surface area contributed by atoms with Gasteiger partial charge in [-0.2, -0.15) is 0 Å². The molecule has 0 spiro atoms. The van der Waals surface area contributed by atoms with E-state index in [1.54, 1.807) is 6.33 Å². The van der Waals surface area contributed by atoms with E-state index < -0.39 is 0 Å². The van der Waals surface area contributed by atoms with Gasteiger partial charge in [0, 0.05) is 31.3 Å². The number of amides is 1. The number of aromatic nitrogens is 4. The monoisotopic (exact) mass is 316 g/mol. The van der Waals surface area contributed by atoms with Crippen molar-refractivity contribution in [3.05, 3.63) is 30.1 Å². The van der Waals surface area contributed by atoms with E-state index >= 15 is 0 Å². The van der Waals surface area contributed by atoms with Crippen LogP contribution in [0.15, 0.2) is 18.7 Å². The zero-order valence-electron chi connectivity index (χ0n) is 14.1. The van der Waals surface area contributed by atoms with Gasteiger partial charge in [-0.3, -0.25) is 9.36 Å². The maximum absolute atomic E-state index is 11.6. The van der Waals surface area contributed by atoms with E-state index in [2.05, 4.69) is 25.6 Å². The van der Waals surface area contributed by atoms with E-state index in [4.69, 9.17) is 0 Å². The predicted octanol–water partition coefficient (Wildman–Crippen LogP) is 1.85. The Labute approximate surface area is 136 Å². The van der Waals surface area contributed by atoms with E-state index in [0.29, 0.717) is 25.4 Å². The molecule has 0 atom stereocenters. The lowest BCUT2D eigenvalue weighted by Gasteiger charge is -2.10. The molecule has 0 aliphatic heterocycles. The van der Waals surface area contributed by atoms with Gasteiger partial charge in [0.2, 0.25) is 5.91 Å². The maximum atomic E-state index is 11.6. The summed E-state index contributed by atoms with van der Waals surface area (Å²) < 4.78 is 1.92. The van der Waals surface area contributed by atoms with Gasteiger partial charge in [0.1, 0.15) is 24.3 Å². The number of nitrogens with one attached hydrogen (secondary N) is 2. The van der Waals surface area contributed by atoms with E-state index in [9.17, 15) is 4.79 Å². The largest absolute Gasteiger partial charge is 0.368 e. The standard InChI is InChI=1S/C16H24N6O/c1-11(2)7-16(23)18-6-5-17-14-8-15(20-9-19-14)22-10-21-12(3)13(22)4/h8-11H,5-7H2,1-4H3,(H,18,23)(H,17,19,20). The van der Waals surface area contributed by atoms with Gasteiger partial charge in [0.25, 0.3) is 0 Å². The van der Waals surface area contributed by atoms with Crippen LogP contribution in [0.3, 0.4) is 0 Å². The molecule has 7 heteroatoms. The number of imidazole rings is 1. The molecule has 0 aliphatic rings. The summed E-state index contributed by atoms with van der Waals surface area (Å²) in [5.41, 5.74) is 2.03. The van der Waals surface area contributed by atoms with Gasteiger partial charge in [-0.15, -0.1) is 0 Å². The minimum Gasteiger partial charge on any atom is -0.368 e. The third-order valence-electron chi connectivity index (χ3n) is 3.50. The first-order valence-corrected chi connectivity index (χ1v) is 7.81. The molecular weight excluding hydrogens is 292 g/mol. The number of hydrogen-bond donors (Lipinski definition) is 2. The van der Waals surface area contributed by atoms with Crippen LogP contribution in [0.25, 0.3) is 5.82 Å². The molecule has 2 N–H and O–H groups in total. The van der Waals surface area contributed by atoms with E-state index in [1.165, 1.54) is 6.33 Å². The molecule has 2 aromatic rings. The Balaban J connectivity index is 1.89. The van der Waals surface area contributed by atoms with Gasteiger partial charge < -0.3 is 10.6 Å². The molecule has 2 heterocycles. The summed E-state index contributed by atoms with van der Waals surface area (Å²) in [5, 5.41) is 6.07. The molecule has 0 aliphatic carbocycles. The molecule has 7 nitrogen and oxygen atoms in total. The first-order valence-electron chi connectivity index (χ1n) is 7.81. The van der Waals surface area contributed by atoms with Gasteiger partial charge in [-0.1, -0.05) is 13.8 Å². The van der Waals surface area contributed by atoms with Crippen molar-refractivity contribution < 1.29 is 4.79 Å². The Hall–Kier alpha value is -2.44. The molecule has 1 amide bonds. The summed E-state index contributed by atoms with van der Waals surface area (Å²) in [4.78, 5) is 24.3. The molecule has 0 unspecified atom stereocenters. The fourth-order valence-corrected chi connectivity index (χ4v) is 2.14. The lowest BCUT2D eigenvalue weighted by Crippen LogP contribution is -2.29. The Morgan fingerprint density at radius 1 is 1.22 bits per heavy atom. The highest BCUT2D eigenvalue weighted by Gasteiger charge is 2.07. The SMILES string of the molecule is Cc1ncn(-c2cc(NCCNC(=O)CC(C)C)ncn2)c1C. The van der Waals surface area contributed by atoms with Crippen molar-refractivity contribution in [2.45, 2.75) is 34.1 Å². The number of nitrogens with zero attached hydrogens (tertiary/aromatic N) is 4. The van der Waals surface area contributed by atoms with Gasteiger partial charge in [-0.05, 0) is 19.8 Å². The molecule has 0 bridgehead atoms. The van der Waals surface area contributed by atoms with Crippen LogP contribution in [-0.4, -0.2) is 38.5 Å². The Morgan fingerprint density at radius 2 is 2.00 bits per heavy atom. The van der Waals surface area contributed by atoms with Crippen LogP contribution >= 0.6 is 0 Å². The quantitative estimate of drug-likeness (QED) is 0.762. The van der Waals surface area contributed by atoms with Crippen LogP contribution in [-0.2, 0) is 4.79 Å². The van der Waals surface area contributed by atoms with Crippen molar-refractivity contribution in [2.24, 2.45) is 5.92 Å².